The summed E-state index contributed by atoms with van der Waals surface area (Å²) in [5.74, 6) is -0.538. The maximum atomic E-state index is 13.9. The molecule has 0 fully saturated rings. The number of hydrogen-bond donors (Lipinski definition) is 0. The zero-order valence-electron chi connectivity index (χ0n) is 16.1. The van der Waals surface area contributed by atoms with Gasteiger partial charge in [0.2, 0.25) is 0 Å². The van der Waals surface area contributed by atoms with E-state index in [0.29, 0.717) is 33.9 Å². The Hall–Kier alpha value is -2.79. The summed E-state index contributed by atoms with van der Waals surface area (Å²) in [6, 6.07) is 4.66. The number of aromatic nitrogens is 5. The fraction of sp³-hybridized carbons (Fsp3) is 0.263. The fourth-order valence-corrected chi connectivity index (χ4v) is 4.56. The Balaban J connectivity index is 1.51. The minimum atomic E-state index is -0.777. The van der Waals surface area contributed by atoms with Crippen LogP contribution in [0.2, 0.25) is 0 Å². The Morgan fingerprint density at radius 3 is 2.87 bits per heavy atom. The second kappa shape index (κ2) is 8.52. The third-order valence-electron chi connectivity index (χ3n) is 4.33. The van der Waals surface area contributed by atoms with E-state index in [-0.39, 0.29) is 11.3 Å². The van der Waals surface area contributed by atoms with Gasteiger partial charge in [0.15, 0.2) is 33.6 Å². The van der Waals surface area contributed by atoms with Crippen LogP contribution in [0.4, 0.5) is 8.78 Å². The van der Waals surface area contributed by atoms with E-state index in [1.165, 1.54) is 39.6 Å². The van der Waals surface area contributed by atoms with Crippen LogP contribution in [0, 0.1) is 11.6 Å². The van der Waals surface area contributed by atoms with Crippen molar-refractivity contribution < 1.29 is 13.5 Å². The highest BCUT2D eigenvalue weighted by Crippen LogP contribution is 2.27. The van der Waals surface area contributed by atoms with Gasteiger partial charge >= 0.3 is 0 Å². The maximum absolute atomic E-state index is 13.9. The summed E-state index contributed by atoms with van der Waals surface area (Å²) in [4.78, 5) is 17.3. The van der Waals surface area contributed by atoms with Gasteiger partial charge in [0, 0.05) is 36.0 Å². The quantitative estimate of drug-likeness (QED) is 0.396. The lowest BCUT2D eigenvalue weighted by Gasteiger charge is -2.16. The Morgan fingerprint density at radius 2 is 2.10 bits per heavy atom. The first-order valence-electron chi connectivity index (χ1n) is 9.09. The van der Waals surface area contributed by atoms with E-state index in [0.717, 1.165) is 12.1 Å². The zero-order chi connectivity index (χ0) is 21.3. The van der Waals surface area contributed by atoms with Gasteiger partial charge in [-0.25, -0.2) is 13.8 Å². The molecule has 0 saturated carbocycles. The molecule has 1 atom stereocenters. The van der Waals surface area contributed by atoms with Crippen LogP contribution in [0.5, 0.6) is 5.75 Å². The summed E-state index contributed by atoms with van der Waals surface area (Å²) in [5, 5.41) is 10.8. The molecule has 11 heteroatoms. The van der Waals surface area contributed by atoms with Gasteiger partial charge < -0.3 is 9.30 Å². The molecule has 0 amide bonds. The fourth-order valence-electron chi connectivity index (χ4n) is 2.92. The molecule has 156 valence electrons. The Morgan fingerprint density at radius 1 is 1.27 bits per heavy atom. The van der Waals surface area contributed by atoms with E-state index in [4.69, 9.17) is 4.74 Å². The lowest BCUT2D eigenvalue weighted by atomic mass is 10.3. The summed E-state index contributed by atoms with van der Waals surface area (Å²) in [6.45, 7) is 4.23. The molecule has 3 heterocycles. The van der Waals surface area contributed by atoms with E-state index in [2.05, 4.69) is 15.2 Å². The van der Waals surface area contributed by atoms with E-state index in [1.807, 2.05) is 16.9 Å². The van der Waals surface area contributed by atoms with Gasteiger partial charge in [-0.2, -0.15) is 0 Å². The Labute approximate surface area is 178 Å². The van der Waals surface area contributed by atoms with E-state index < -0.39 is 17.7 Å². The van der Waals surface area contributed by atoms with Gasteiger partial charge in [-0.05, 0) is 26.0 Å². The SMILES string of the molecule is CCn1c(SCc2cc(=O)n3ccsc3n2)nnc1C(C)Oc1ccc(F)cc1F. The van der Waals surface area contributed by atoms with Crippen molar-refractivity contribution in [2.24, 2.45) is 0 Å². The van der Waals surface area contributed by atoms with Gasteiger partial charge in [0.1, 0.15) is 5.82 Å². The average Bonchev–Trinajstić information content (AvgIpc) is 3.35. The highest BCUT2D eigenvalue weighted by molar-refractivity contribution is 7.98. The van der Waals surface area contributed by atoms with Crippen molar-refractivity contribution in [2.45, 2.75) is 37.4 Å². The molecule has 4 aromatic rings. The summed E-state index contributed by atoms with van der Waals surface area (Å²) in [6.07, 6.45) is 1.09. The predicted molar refractivity (Wildman–Crippen MR) is 110 cm³/mol. The second-order valence-corrected chi connectivity index (χ2v) is 8.17. The molecule has 0 aliphatic rings. The minimum Gasteiger partial charge on any atom is -0.480 e. The van der Waals surface area contributed by atoms with Crippen LogP contribution in [0.1, 0.15) is 31.5 Å². The standard InChI is InChI=1S/C19H17F2N5O2S2/c1-3-25-17(11(2)28-15-5-4-12(20)8-14(15)21)23-24-19(25)30-10-13-9-16(27)26-6-7-29-18(26)22-13/h4-9,11H,3,10H2,1-2H3. The van der Waals surface area contributed by atoms with E-state index in [9.17, 15) is 13.6 Å². The largest absolute Gasteiger partial charge is 0.480 e. The molecule has 30 heavy (non-hydrogen) atoms. The monoisotopic (exact) mass is 449 g/mol. The highest BCUT2D eigenvalue weighted by Gasteiger charge is 2.20. The van der Waals surface area contributed by atoms with E-state index in [1.54, 1.807) is 13.1 Å². The molecule has 0 saturated heterocycles. The van der Waals surface area contributed by atoms with Gasteiger partial charge in [-0.3, -0.25) is 9.20 Å². The van der Waals surface area contributed by atoms with Crippen LogP contribution in [-0.2, 0) is 12.3 Å². The molecule has 7 nitrogen and oxygen atoms in total. The number of thioether (sulfide) groups is 1. The molecule has 1 aromatic carbocycles. The number of hydrogen-bond acceptors (Lipinski definition) is 7. The van der Waals surface area contributed by atoms with Crippen molar-refractivity contribution in [3.05, 3.63) is 69.3 Å². The third-order valence-corrected chi connectivity index (χ3v) is 6.09. The third kappa shape index (κ3) is 4.08. The van der Waals surface area contributed by atoms with Crippen molar-refractivity contribution in [3.63, 3.8) is 0 Å². The number of fused-ring (bicyclic) bond motifs is 1. The second-order valence-electron chi connectivity index (χ2n) is 6.35. The van der Waals surface area contributed by atoms with Crippen LogP contribution in [0.15, 0.2) is 45.8 Å². The van der Waals surface area contributed by atoms with Gasteiger partial charge in [-0.15, -0.1) is 21.5 Å². The number of thiazole rings is 1. The molecule has 1 unspecified atom stereocenters. The van der Waals surface area contributed by atoms with Crippen LogP contribution in [0.25, 0.3) is 4.96 Å². The first-order valence-corrected chi connectivity index (χ1v) is 11.0. The van der Waals surface area contributed by atoms with Crippen LogP contribution in [0.3, 0.4) is 0 Å². The predicted octanol–water partition coefficient (Wildman–Crippen LogP) is 4.08. The van der Waals surface area contributed by atoms with Crippen LogP contribution < -0.4 is 10.3 Å². The Kier molecular flexibility index (Phi) is 5.82. The molecule has 0 N–H and O–H groups in total. The molecule has 0 radical (unpaired) electrons. The van der Waals surface area contributed by atoms with Crippen LogP contribution >= 0.6 is 23.1 Å². The van der Waals surface area contributed by atoms with Crippen molar-refractivity contribution in [2.75, 3.05) is 0 Å². The number of halogens is 2. The van der Waals surface area contributed by atoms with E-state index >= 15 is 0 Å². The number of ether oxygens (including phenoxy) is 1. The Bertz CT molecular complexity index is 1250. The summed E-state index contributed by atoms with van der Waals surface area (Å²) < 4.78 is 36.0. The number of nitrogens with zero attached hydrogens (tertiary/aromatic N) is 5. The van der Waals surface area contributed by atoms with Crippen molar-refractivity contribution in [1.82, 2.24) is 24.1 Å². The molecule has 3 aromatic heterocycles. The summed E-state index contributed by atoms with van der Waals surface area (Å²) in [5.41, 5.74) is 0.523. The molecule has 0 spiro atoms. The normalized spacial score (nSPS) is 12.4. The lowest BCUT2D eigenvalue weighted by Crippen LogP contribution is -2.13. The van der Waals surface area contributed by atoms with Gasteiger partial charge in [0.05, 0.1) is 5.69 Å². The smallest absolute Gasteiger partial charge is 0.258 e. The molecule has 0 aliphatic carbocycles. The molecule has 0 bridgehead atoms. The molecule has 0 aliphatic heterocycles. The molecular weight excluding hydrogens is 432 g/mol. The first kappa shape index (κ1) is 20.5. The lowest BCUT2D eigenvalue weighted by molar-refractivity contribution is 0.200. The number of benzene rings is 1. The summed E-state index contributed by atoms with van der Waals surface area (Å²) >= 11 is 2.79. The first-order chi connectivity index (χ1) is 14.5. The minimum absolute atomic E-state index is 0.0577. The van der Waals surface area contributed by atoms with Gasteiger partial charge in [0.25, 0.3) is 5.56 Å². The molecular formula is C19H17F2N5O2S2. The average molecular weight is 450 g/mol. The molecule has 4 rings (SSSR count). The highest BCUT2D eigenvalue weighted by atomic mass is 32.2. The van der Waals surface area contributed by atoms with Crippen LogP contribution in [-0.4, -0.2) is 24.1 Å². The number of rotatable bonds is 7. The van der Waals surface area contributed by atoms with Crippen molar-refractivity contribution in [3.8, 4) is 5.75 Å². The zero-order valence-corrected chi connectivity index (χ0v) is 17.7. The topological polar surface area (TPSA) is 74.3 Å². The van der Waals surface area contributed by atoms with Crippen molar-refractivity contribution >= 4 is 28.1 Å². The van der Waals surface area contributed by atoms with Gasteiger partial charge in [-0.1, -0.05) is 11.8 Å². The van der Waals surface area contributed by atoms with Crippen molar-refractivity contribution in [1.29, 1.82) is 0 Å². The maximum Gasteiger partial charge on any atom is 0.258 e. The summed E-state index contributed by atoms with van der Waals surface area (Å²) in [7, 11) is 0.